The summed E-state index contributed by atoms with van der Waals surface area (Å²) < 4.78 is 0. The van der Waals surface area contributed by atoms with Crippen LogP contribution in [0.1, 0.15) is 33.4 Å². The Kier molecular flexibility index (Phi) is 7.93. The van der Waals surface area contributed by atoms with Crippen molar-refractivity contribution >= 4 is 72.9 Å². The highest BCUT2D eigenvalue weighted by atomic mass is 14.9. The fourth-order valence-electron chi connectivity index (χ4n) is 3.33. The maximum atomic E-state index is 4.70. The summed E-state index contributed by atoms with van der Waals surface area (Å²) in [5.74, 6) is 0. The SMILES string of the molecule is C=Cc1cc(C=C)cc(C=Nc2cc(N=C)c(N=C)cc2N=Cc2cc(C=C)cc(C=C)c2)c1. The second-order valence-electron chi connectivity index (χ2n) is 7.34. The molecule has 4 heteroatoms. The van der Waals surface area contributed by atoms with E-state index in [1.54, 1.807) is 48.9 Å². The summed E-state index contributed by atoms with van der Waals surface area (Å²) in [5, 5.41) is 0. The van der Waals surface area contributed by atoms with Gasteiger partial charge in [-0.2, -0.15) is 0 Å². The van der Waals surface area contributed by atoms with Gasteiger partial charge in [0, 0.05) is 12.4 Å². The van der Waals surface area contributed by atoms with Gasteiger partial charge in [0.05, 0.1) is 22.7 Å². The molecule has 3 aromatic carbocycles. The molecule has 0 N–H and O–H groups in total. The Morgan fingerprint density at radius 1 is 0.412 bits per heavy atom. The quantitative estimate of drug-likeness (QED) is 0.283. The first-order valence-corrected chi connectivity index (χ1v) is 10.5. The lowest BCUT2D eigenvalue weighted by Crippen LogP contribution is -1.87. The molecule has 0 amide bonds. The fourth-order valence-corrected chi connectivity index (χ4v) is 3.33. The van der Waals surface area contributed by atoms with Crippen molar-refractivity contribution in [2.75, 3.05) is 0 Å². The van der Waals surface area contributed by atoms with Crippen LogP contribution in [0.2, 0.25) is 0 Å². The van der Waals surface area contributed by atoms with Crippen LogP contribution in [0.4, 0.5) is 22.7 Å². The van der Waals surface area contributed by atoms with Crippen molar-refractivity contribution in [1.82, 2.24) is 0 Å². The van der Waals surface area contributed by atoms with Crippen molar-refractivity contribution < 1.29 is 0 Å². The van der Waals surface area contributed by atoms with Crippen molar-refractivity contribution in [3.63, 3.8) is 0 Å². The average molecular weight is 443 g/mol. The van der Waals surface area contributed by atoms with Crippen LogP contribution in [0.3, 0.4) is 0 Å². The van der Waals surface area contributed by atoms with Gasteiger partial charge in [0.15, 0.2) is 0 Å². The first-order chi connectivity index (χ1) is 16.5. The van der Waals surface area contributed by atoms with Crippen LogP contribution in [0.15, 0.2) is 94.8 Å². The summed E-state index contributed by atoms with van der Waals surface area (Å²) in [7, 11) is 0. The predicted octanol–water partition coefficient (Wildman–Crippen LogP) is 8.42. The number of hydrogen-bond acceptors (Lipinski definition) is 4. The number of benzene rings is 3. The Balaban J connectivity index is 2.09. The maximum absolute atomic E-state index is 4.70. The zero-order valence-electron chi connectivity index (χ0n) is 19.1. The van der Waals surface area contributed by atoms with E-state index in [0.717, 1.165) is 33.4 Å². The van der Waals surface area contributed by atoms with Crippen LogP contribution in [-0.4, -0.2) is 25.9 Å². The first kappa shape index (κ1) is 24.0. The molecule has 0 radical (unpaired) electrons. The molecular formula is C30H26N4. The lowest BCUT2D eigenvalue weighted by Gasteiger charge is -2.07. The Bertz CT molecular complexity index is 1200. The van der Waals surface area contributed by atoms with E-state index in [1.807, 2.05) is 36.4 Å². The molecule has 0 spiro atoms. The van der Waals surface area contributed by atoms with Crippen LogP contribution >= 0.6 is 0 Å². The third-order valence-corrected chi connectivity index (χ3v) is 5.06. The highest BCUT2D eigenvalue weighted by molar-refractivity contribution is 5.91. The van der Waals surface area contributed by atoms with Crippen molar-refractivity contribution in [2.24, 2.45) is 20.0 Å². The molecule has 3 aromatic rings. The van der Waals surface area contributed by atoms with E-state index in [-0.39, 0.29) is 0 Å². The normalized spacial score (nSPS) is 10.8. The average Bonchev–Trinajstić information content (AvgIpc) is 2.89. The van der Waals surface area contributed by atoms with Crippen LogP contribution in [0.5, 0.6) is 0 Å². The van der Waals surface area contributed by atoms with Gasteiger partial charge in [-0.05, 0) is 95.3 Å². The molecule has 0 aliphatic rings. The zero-order valence-corrected chi connectivity index (χ0v) is 19.1. The Morgan fingerprint density at radius 2 is 0.706 bits per heavy atom. The molecule has 0 saturated heterocycles. The summed E-state index contributed by atoms with van der Waals surface area (Å²) in [6.45, 7) is 22.7. The number of hydrogen-bond donors (Lipinski definition) is 0. The Morgan fingerprint density at radius 3 is 0.971 bits per heavy atom. The van der Waals surface area contributed by atoms with Gasteiger partial charge >= 0.3 is 0 Å². The molecule has 0 saturated carbocycles. The molecule has 166 valence electrons. The van der Waals surface area contributed by atoms with Gasteiger partial charge in [-0.15, -0.1) is 0 Å². The third kappa shape index (κ3) is 5.75. The lowest BCUT2D eigenvalue weighted by atomic mass is 10.1. The maximum Gasteiger partial charge on any atom is 0.0909 e. The van der Waals surface area contributed by atoms with E-state index >= 15 is 0 Å². The molecule has 0 heterocycles. The topological polar surface area (TPSA) is 49.4 Å². The third-order valence-electron chi connectivity index (χ3n) is 5.06. The van der Waals surface area contributed by atoms with Crippen LogP contribution in [-0.2, 0) is 0 Å². The zero-order chi connectivity index (χ0) is 24.5. The molecule has 0 fully saturated rings. The molecule has 0 atom stereocenters. The molecule has 0 bridgehead atoms. The van der Waals surface area contributed by atoms with Gasteiger partial charge < -0.3 is 0 Å². The van der Waals surface area contributed by atoms with Gasteiger partial charge in [-0.25, -0.2) is 0 Å². The predicted molar refractivity (Wildman–Crippen MR) is 153 cm³/mol. The highest BCUT2D eigenvalue weighted by Crippen LogP contribution is 2.39. The van der Waals surface area contributed by atoms with E-state index in [1.165, 1.54) is 0 Å². The first-order valence-electron chi connectivity index (χ1n) is 10.5. The highest BCUT2D eigenvalue weighted by Gasteiger charge is 2.08. The van der Waals surface area contributed by atoms with Gasteiger partial charge in [0.25, 0.3) is 0 Å². The monoisotopic (exact) mass is 442 g/mol. The van der Waals surface area contributed by atoms with Crippen molar-refractivity contribution in [2.45, 2.75) is 0 Å². The minimum Gasteiger partial charge on any atom is -0.262 e. The summed E-state index contributed by atoms with van der Waals surface area (Å²) >= 11 is 0. The van der Waals surface area contributed by atoms with E-state index in [4.69, 9.17) is 9.98 Å². The minimum absolute atomic E-state index is 0.579. The molecule has 3 rings (SSSR count). The van der Waals surface area contributed by atoms with Gasteiger partial charge in [0.2, 0.25) is 0 Å². The summed E-state index contributed by atoms with van der Waals surface area (Å²) in [5.41, 5.74) is 8.16. The van der Waals surface area contributed by atoms with Gasteiger partial charge in [-0.3, -0.25) is 20.0 Å². The smallest absolute Gasteiger partial charge is 0.0909 e. The van der Waals surface area contributed by atoms with E-state index in [2.05, 4.69) is 49.7 Å². The molecule has 0 unspecified atom stereocenters. The largest absolute Gasteiger partial charge is 0.262 e. The van der Waals surface area contributed by atoms with Crippen molar-refractivity contribution in [1.29, 1.82) is 0 Å². The molecular weight excluding hydrogens is 416 g/mol. The number of aliphatic imine (C=N–C) groups is 4. The second kappa shape index (κ2) is 11.2. The van der Waals surface area contributed by atoms with Gasteiger partial charge in [-0.1, -0.05) is 50.6 Å². The second-order valence-corrected chi connectivity index (χ2v) is 7.34. The van der Waals surface area contributed by atoms with Gasteiger partial charge in [0.1, 0.15) is 0 Å². The molecule has 4 nitrogen and oxygen atoms in total. The van der Waals surface area contributed by atoms with Crippen LogP contribution < -0.4 is 0 Å². The van der Waals surface area contributed by atoms with Crippen LogP contribution in [0.25, 0.3) is 24.3 Å². The van der Waals surface area contributed by atoms with Crippen molar-refractivity contribution in [3.05, 3.63) is 108 Å². The Labute approximate surface area is 201 Å². The minimum atomic E-state index is 0.579. The summed E-state index contributed by atoms with van der Waals surface area (Å²) in [4.78, 5) is 17.5. The standard InChI is InChI=1S/C30H26N4/c1-7-21-11-22(8-2)14-25(13-21)19-33-29-17-27(31-5)28(32-6)18-30(29)34-20-26-15-23(9-3)12-24(10-4)16-26/h7-20H,1-6H2. The fraction of sp³-hybridized carbons (Fsp3) is 0. The number of nitrogens with zero attached hydrogens (tertiary/aromatic N) is 4. The van der Waals surface area contributed by atoms with Crippen LogP contribution in [0, 0.1) is 0 Å². The summed E-state index contributed by atoms with van der Waals surface area (Å²) in [6, 6.07) is 15.6. The van der Waals surface area contributed by atoms with E-state index in [0.29, 0.717) is 22.7 Å². The molecule has 0 aromatic heterocycles. The Hall–Kier alpha value is -4.70. The van der Waals surface area contributed by atoms with E-state index in [9.17, 15) is 0 Å². The van der Waals surface area contributed by atoms with Crippen molar-refractivity contribution in [3.8, 4) is 0 Å². The lowest BCUT2D eigenvalue weighted by molar-refractivity contribution is 1.40. The molecule has 34 heavy (non-hydrogen) atoms. The number of rotatable bonds is 10. The summed E-state index contributed by atoms with van der Waals surface area (Å²) in [6.07, 6.45) is 10.7. The molecule has 0 aliphatic carbocycles. The van der Waals surface area contributed by atoms with E-state index < -0.39 is 0 Å². The molecule has 0 aliphatic heterocycles.